The molecule has 7 heteroatoms. The van der Waals surface area contributed by atoms with Crippen LogP contribution in [0.2, 0.25) is 0 Å². The average molecular weight is 278 g/mol. The van der Waals surface area contributed by atoms with Gasteiger partial charge in [0.05, 0.1) is 11.5 Å². The molecule has 1 aromatic rings. The second-order valence-corrected chi connectivity index (χ2v) is 6.40. The zero-order valence-corrected chi connectivity index (χ0v) is 11.8. The van der Waals surface area contributed by atoms with Crippen LogP contribution in [0.15, 0.2) is 16.3 Å². The van der Waals surface area contributed by atoms with Gasteiger partial charge in [0.1, 0.15) is 0 Å². The van der Waals surface area contributed by atoms with E-state index in [1.54, 1.807) is 32.5 Å². The lowest BCUT2D eigenvalue weighted by atomic mass is 10.4. The molecule has 0 amide bonds. The van der Waals surface area contributed by atoms with Crippen molar-refractivity contribution in [2.75, 3.05) is 20.8 Å². The van der Waals surface area contributed by atoms with Crippen molar-refractivity contribution in [3.05, 3.63) is 16.3 Å². The van der Waals surface area contributed by atoms with Crippen LogP contribution in [0.4, 0.5) is 0 Å². The molecule has 0 aromatic carbocycles. The third kappa shape index (κ3) is 4.04. The molecule has 0 aliphatic rings. The van der Waals surface area contributed by atoms with Gasteiger partial charge >= 0.3 is 0 Å². The zero-order valence-electron chi connectivity index (χ0n) is 10.2. The first-order chi connectivity index (χ1) is 8.01. The van der Waals surface area contributed by atoms with Crippen LogP contribution in [0.3, 0.4) is 0 Å². The summed E-state index contributed by atoms with van der Waals surface area (Å²) in [6.45, 7) is 2.67. The van der Waals surface area contributed by atoms with Crippen LogP contribution in [0.5, 0.6) is 0 Å². The highest BCUT2D eigenvalue weighted by Crippen LogP contribution is 2.21. The lowest BCUT2D eigenvalue weighted by Crippen LogP contribution is -2.35. The maximum absolute atomic E-state index is 12.1. The number of hydrogen-bond donors (Lipinski definition) is 2. The summed E-state index contributed by atoms with van der Waals surface area (Å²) in [5.41, 5.74) is 0. The molecule has 1 unspecified atom stereocenters. The molecule has 0 saturated carbocycles. The number of thiophene rings is 1. The Morgan fingerprint density at radius 2 is 2.24 bits per heavy atom. The van der Waals surface area contributed by atoms with Crippen LogP contribution in [-0.2, 0) is 21.3 Å². The van der Waals surface area contributed by atoms with Gasteiger partial charge in [0.15, 0.2) is 0 Å². The molecule has 1 atom stereocenters. The van der Waals surface area contributed by atoms with Crippen molar-refractivity contribution in [1.82, 2.24) is 10.0 Å². The average Bonchev–Trinajstić information content (AvgIpc) is 2.66. The number of sulfonamides is 1. The van der Waals surface area contributed by atoms with Crippen LogP contribution in [0, 0.1) is 0 Å². The molecule has 0 aliphatic heterocycles. The summed E-state index contributed by atoms with van der Waals surface area (Å²) in [7, 11) is -0.119. The molecule has 2 N–H and O–H groups in total. The Morgan fingerprint density at radius 3 is 2.82 bits per heavy atom. The molecular formula is C10H18N2O3S2. The Kier molecular flexibility index (Phi) is 5.54. The van der Waals surface area contributed by atoms with Crippen LogP contribution >= 0.6 is 11.3 Å². The van der Waals surface area contributed by atoms with E-state index in [4.69, 9.17) is 4.74 Å². The Labute approximate surface area is 106 Å². The predicted molar refractivity (Wildman–Crippen MR) is 68.7 cm³/mol. The van der Waals surface area contributed by atoms with Crippen molar-refractivity contribution >= 4 is 21.4 Å². The Bertz CT molecular complexity index is 442. The van der Waals surface area contributed by atoms with E-state index >= 15 is 0 Å². The van der Waals surface area contributed by atoms with Gasteiger partial charge in [-0.25, -0.2) is 13.1 Å². The fraction of sp³-hybridized carbons (Fsp3) is 0.600. The van der Waals surface area contributed by atoms with Gasteiger partial charge in [-0.05, 0) is 25.4 Å². The quantitative estimate of drug-likeness (QED) is 0.773. The van der Waals surface area contributed by atoms with E-state index in [1.807, 2.05) is 0 Å². The standard InChI is InChI=1S/C10H18N2O3S2/c1-8(7-15-3)12-17(13,14)10-4-5-16-9(10)6-11-2/h4-5,8,11-12H,6-7H2,1-3H3. The largest absolute Gasteiger partial charge is 0.383 e. The summed E-state index contributed by atoms with van der Waals surface area (Å²) in [4.78, 5) is 1.16. The molecule has 0 saturated heterocycles. The number of ether oxygens (including phenoxy) is 1. The summed E-state index contributed by atoms with van der Waals surface area (Å²) in [6, 6.07) is 1.38. The summed E-state index contributed by atoms with van der Waals surface area (Å²) in [5, 5.41) is 4.73. The third-order valence-corrected chi connectivity index (χ3v) is 4.83. The van der Waals surface area contributed by atoms with Crippen LogP contribution in [0.1, 0.15) is 11.8 Å². The lowest BCUT2D eigenvalue weighted by molar-refractivity contribution is 0.180. The zero-order chi connectivity index (χ0) is 12.9. The monoisotopic (exact) mass is 278 g/mol. The van der Waals surface area contributed by atoms with Crippen molar-refractivity contribution in [1.29, 1.82) is 0 Å². The van der Waals surface area contributed by atoms with Crippen molar-refractivity contribution in [2.24, 2.45) is 0 Å². The van der Waals surface area contributed by atoms with E-state index < -0.39 is 10.0 Å². The molecule has 1 aromatic heterocycles. The Morgan fingerprint density at radius 1 is 1.53 bits per heavy atom. The highest BCUT2D eigenvalue weighted by Gasteiger charge is 2.21. The van der Waals surface area contributed by atoms with E-state index in [-0.39, 0.29) is 6.04 Å². The fourth-order valence-corrected chi connectivity index (χ4v) is 4.15. The van der Waals surface area contributed by atoms with Crippen LogP contribution in [-0.4, -0.2) is 35.2 Å². The summed E-state index contributed by atoms with van der Waals surface area (Å²) < 4.78 is 31.7. The maximum Gasteiger partial charge on any atom is 0.242 e. The van der Waals surface area contributed by atoms with Gasteiger partial charge in [-0.2, -0.15) is 0 Å². The Hall–Kier alpha value is -0.470. The SMILES string of the molecule is CNCc1sccc1S(=O)(=O)NC(C)COC. The molecule has 1 heterocycles. The summed E-state index contributed by atoms with van der Waals surface area (Å²) in [5.74, 6) is 0. The molecule has 0 bridgehead atoms. The first-order valence-electron chi connectivity index (χ1n) is 5.23. The van der Waals surface area contributed by atoms with Crippen molar-refractivity contribution in [3.8, 4) is 0 Å². The third-order valence-electron chi connectivity index (χ3n) is 2.10. The van der Waals surface area contributed by atoms with Crippen LogP contribution in [0.25, 0.3) is 0 Å². The van der Waals surface area contributed by atoms with E-state index in [1.165, 1.54) is 11.3 Å². The molecule has 0 fully saturated rings. The van der Waals surface area contributed by atoms with E-state index in [2.05, 4.69) is 10.0 Å². The van der Waals surface area contributed by atoms with E-state index in [9.17, 15) is 8.42 Å². The first kappa shape index (κ1) is 14.6. The highest BCUT2D eigenvalue weighted by molar-refractivity contribution is 7.89. The molecule has 0 radical (unpaired) electrons. The van der Waals surface area contributed by atoms with Crippen LogP contribution < -0.4 is 10.0 Å². The summed E-state index contributed by atoms with van der Waals surface area (Å²) >= 11 is 1.43. The minimum Gasteiger partial charge on any atom is -0.383 e. The van der Waals surface area contributed by atoms with Crippen molar-refractivity contribution < 1.29 is 13.2 Å². The molecule has 17 heavy (non-hydrogen) atoms. The predicted octanol–water partition coefficient (Wildman–Crippen LogP) is 0.781. The molecular weight excluding hydrogens is 260 g/mol. The smallest absolute Gasteiger partial charge is 0.242 e. The topological polar surface area (TPSA) is 67.4 Å². The number of nitrogens with one attached hydrogen (secondary N) is 2. The molecule has 1 rings (SSSR count). The molecule has 0 spiro atoms. The number of rotatable bonds is 7. The fourth-order valence-electron chi connectivity index (χ4n) is 1.47. The van der Waals surface area contributed by atoms with E-state index in [0.29, 0.717) is 18.0 Å². The van der Waals surface area contributed by atoms with Gasteiger partial charge < -0.3 is 10.1 Å². The van der Waals surface area contributed by atoms with Crippen molar-refractivity contribution in [3.63, 3.8) is 0 Å². The number of hydrogen-bond acceptors (Lipinski definition) is 5. The minimum atomic E-state index is -3.45. The highest BCUT2D eigenvalue weighted by atomic mass is 32.2. The van der Waals surface area contributed by atoms with Gasteiger partial charge in [-0.3, -0.25) is 0 Å². The van der Waals surface area contributed by atoms with Gasteiger partial charge in [0.2, 0.25) is 10.0 Å². The minimum absolute atomic E-state index is 0.243. The molecule has 5 nitrogen and oxygen atoms in total. The Balaban J connectivity index is 2.85. The summed E-state index contributed by atoms with van der Waals surface area (Å²) in [6.07, 6.45) is 0. The maximum atomic E-state index is 12.1. The van der Waals surface area contributed by atoms with E-state index in [0.717, 1.165) is 4.88 Å². The van der Waals surface area contributed by atoms with Gasteiger partial charge in [0.25, 0.3) is 0 Å². The number of methoxy groups -OCH3 is 1. The lowest BCUT2D eigenvalue weighted by Gasteiger charge is -2.13. The molecule has 98 valence electrons. The first-order valence-corrected chi connectivity index (χ1v) is 7.59. The van der Waals surface area contributed by atoms with Gasteiger partial charge in [-0.1, -0.05) is 0 Å². The second kappa shape index (κ2) is 6.46. The molecule has 0 aliphatic carbocycles. The van der Waals surface area contributed by atoms with Gasteiger partial charge in [-0.15, -0.1) is 11.3 Å². The van der Waals surface area contributed by atoms with Crippen molar-refractivity contribution in [2.45, 2.75) is 24.4 Å². The second-order valence-electron chi connectivity index (χ2n) is 3.72. The normalized spacial score (nSPS) is 13.8. The van der Waals surface area contributed by atoms with Gasteiger partial charge in [0, 0.05) is 24.6 Å².